The Morgan fingerprint density at radius 1 is 1.35 bits per heavy atom. The number of carbonyl (C=O) groups is 1. The number of amides is 1. The van der Waals surface area contributed by atoms with Gasteiger partial charge in [-0.15, -0.1) is 0 Å². The third-order valence-electron chi connectivity index (χ3n) is 4.49. The number of methoxy groups -OCH3 is 1. The molecule has 2 aromatic rings. The summed E-state index contributed by atoms with van der Waals surface area (Å²) in [4.78, 5) is 19.5. The zero-order valence-corrected chi connectivity index (χ0v) is 13.7. The van der Waals surface area contributed by atoms with Gasteiger partial charge in [-0.3, -0.25) is 9.69 Å². The van der Waals surface area contributed by atoms with Crippen molar-refractivity contribution in [2.24, 2.45) is 11.7 Å². The van der Waals surface area contributed by atoms with Crippen LogP contribution in [-0.2, 0) is 11.3 Å². The normalized spacial score (nSPS) is 20.5. The molecule has 3 rings (SSSR count). The lowest BCUT2D eigenvalue weighted by molar-refractivity contribution is -0.122. The van der Waals surface area contributed by atoms with E-state index in [0.717, 1.165) is 48.5 Å². The minimum atomic E-state index is -0.217. The van der Waals surface area contributed by atoms with Gasteiger partial charge in [-0.05, 0) is 31.3 Å². The summed E-state index contributed by atoms with van der Waals surface area (Å²) in [7, 11) is 3.71. The third kappa shape index (κ3) is 3.65. The van der Waals surface area contributed by atoms with Crippen molar-refractivity contribution in [3.8, 4) is 5.75 Å². The fourth-order valence-corrected chi connectivity index (χ4v) is 3.19. The van der Waals surface area contributed by atoms with Gasteiger partial charge in [0.05, 0.1) is 13.0 Å². The summed E-state index contributed by atoms with van der Waals surface area (Å²) in [6.07, 6.45) is 0. The molecule has 0 spiro atoms. The van der Waals surface area contributed by atoms with Crippen LogP contribution >= 0.6 is 0 Å². The number of rotatable bonds is 4. The molecule has 1 aliphatic rings. The highest BCUT2D eigenvalue weighted by Gasteiger charge is 2.25. The second-order valence-electron chi connectivity index (χ2n) is 6.34. The predicted octanol–water partition coefficient (Wildman–Crippen LogP) is 1.03. The van der Waals surface area contributed by atoms with E-state index in [2.05, 4.69) is 20.9 Å². The Balaban J connectivity index is 1.76. The van der Waals surface area contributed by atoms with Gasteiger partial charge in [0.1, 0.15) is 5.75 Å². The lowest BCUT2D eigenvalue weighted by Gasteiger charge is -2.21. The number of ether oxygens (including phenoxy) is 1. The Hall–Kier alpha value is -2.05. The summed E-state index contributed by atoms with van der Waals surface area (Å²) in [5, 5.41) is 1.14. The van der Waals surface area contributed by atoms with Gasteiger partial charge in [-0.1, -0.05) is 0 Å². The van der Waals surface area contributed by atoms with Crippen molar-refractivity contribution in [3.63, 3.8) is 0 Å². The minimum absolute atomic E-state index is 0.119. The van der Waals surface area contributed by atoms with Crippen LogP contribution in [0.15, 0.2) is 24.3 Å². The fraction of sp³-hybridized carbons (Fsp3) is 0.471. The van der Waals surface area contributed by atoms with E-state index in [1.54, 1.807) is 7.11 Å². The van der Waals surface area contributed by atoms with Crippen molar-refractivity contribution in [1.82, 2.24) is 14.8 Å². The summed E-state index contributed by atoms with van der Waals surface area (Å²) >= 11 is 0. The Morgan fingerprint density at radius 2 is 2.17 bits per heavy atom. The molecule has 1 amide bonds. The molecular weight excluding hydrogens is 292 g/mol. The van der Waals surface area contributed by atoms with E-state index >= 15 is 0 Å². The van der Waals surface area contributed by atoms with Gasteiger partial charge < -0.3 is 20.4 Å². The first-order chi connectivity index (χ1) is 11.0. The van der Waals surface area contributed by atoms with E-state index in [9.17, 15) is 4.79 Å². The fourth-order valence-electron chi connectivity index (χ4n) is 3.19. The Kier molecular flexibility index (Phi) is 4.54. The number of benzene rings is 1. The molecule has 1 aromatic heterocycles. The molecule has 0 aliphatic carbocycles. The number of H-pyrrole nitrogens is 1. The molecule has 6 heteroatoms. The Labute approximate surface area is 136 Å². The number of primary amides is 1. The lowest BCUT2D eigenvalue weighted by atomic mass is 10.1. The van der Waals surface area contributed by atoms with Crippen LogP contribution in [0.5, 0.6) is 5.75 Å². The number of aromatic amines is 1. The molecule has 2 heterocycles. The molecule has 1 aromatic carbocycles. The van der Waals surface area contributed by atoms with E-state index in [1.165, 1.54) is 0 Å². The van der Waals surface area contributed by atoms with Gasteiger partial charge in [-0.25, -0.2) is 0 Å². The summed E-state index contributed by atoms with van der Waals surface area (Å²) in [5.41, 5.74) is 7.77. The number of likely N-dealkylation sites (N-methyl/N-ethyl adjacent to an activating group) is 1. The quantitative estimate of drug-likeness (QED) is 0.883. The molecule has 1 unspecified atom stereocenters. The predicted molar refractivity (Wildman–Crippen MR) is 90.3 cm³/mol. The second kappa shape index (κ2) is 6.60. The summed E-state index contributed by atoms with van der Waals surface area (Å²) in [5.74, 6) is 0.519. The highest BCUT2D eigenvalue weighted by Crippen LogP contribution is 2.22. The van der Waals surface area contributed by atoms with Gasteiger partial charge in [0.15, 0.2) is 0 Å². The van der Waals surface area contributed by atoms with Gasteiger partial charge in [0, 0.05) is 49.3 Å². The molecule has 0 saturated carbocycles. The van der Waals surface area contributed by atoms with Crippen molar-refractivity contribution in [2.45, 2.75) is 6.54 Å². The maximum Gasteiger partial charge on any atom is 0.223 e. The average molecular weight is 316 g/mol. The first-order valence-electron chi connectivity index (χ1n) is 7.91. The molecule has 1 aliphatic heterocycles. The van der Waals surface area contributed by atoms with Crippen LogP contribution in [0.2, 0.25) is 0 Å². The molecule has 0 bridgehead atoms. The number of nitrogens with two attached hydrogens (primary N) is 1. The zero-order valence-electron chi connectivity index (χ0n) is 13.7. The van der Waals surface area contributed by atoms with Crippen LogP contribution in [-0.4, -0.2) is 61.0 Å². The topological polar surface area (TPSA) is 74.6 Å². The van der Waals surface area contributed by atoms with Crippen LogP contribution in [0.3, 0.4) is 0 Å². The van der Waals surface area contributed by atoms with Crippen LogP contribution < -0.4 is 10.5 Å². The molecule has 1 atom stereocenters. The minimum Gasteiger partial charge on any atom is -0.497 e. The van der Waals surface area contributed by atoms with Gasteiger partial charge in [-0.2, -0.15) is 0 Å². The first-order valence-corrected chi connectivity index (χ1v) is 7.91. The largest absolute Gasteiger partial charge is 0.497 e. The van der Waals surface area contributed by atoms with Crippen molar-refractivity contribution < 1.29 is 9.53 Å². The van der Waals surface area contributed by atoms with Crippen molar-refractivity contribution in [1.29, 1.82) is 0 Å². The van der Waals surface area contributed by atoms with E-state index in [4.69, 9.17) is 10.5 Å². The van der Waals surface area contributed by atoms with E-state index < -0.39 is 0 Å². The van der Waals surface area contributed by atoms with E-state index in [0.29, 0.717) is 6.54 Å². The van der Waals surface area contributed by atoms with Gasteiger partial charge in [0.2, 0.25) is 5.91 Å². The van der Waals surface area contributed by atoms with Crippen LogP contribution in [0.4, 0.5) is 0 Å². The summed E-state index contributed by atoms with van der Waals surface area (Å²) in [6, 6.07) is 8.15. The van der Waals surface area contributed by atoms with Crippen LogP contribution in [0.1, 0.15) is 5.69 Å². The van der Waals surface area contributed by atoms with Gasteiger partial charge in [0.25, 0.3) is 0 Å². The molecule has 124 valence electrons. The van der Waals surface area contributed by atoms with Crippen molar-refractivity contribution >= 4 is 16.8 Å². The summed E-state index contributed by atoms with van der Waals surface area (Å²) in [6.45, 7) is 4.10. The molecule has 1 saturated heterocycles. The molecule has 1 fully saturated rings. The molecule has 23 heavy (non-hydrogen) atoms. The number of nitrogens with one attached hydrogen (secondary N) is 1. The standard InChI is InChI=1S/C17H24N4O2/c1-20-5-6-21(10-13(9-20)17(18)22)11-14-7-12-8-15(23-2)3-4-16(12)19-14/h3-4,7-8,13,19H,5-6,9-11H2,1-2H3,(H2,18,22). The first kappa shape index (κ1) is 15.8. The lowest BCUT2D eigenvalue weighted by Crippen LogP contribution is -2.37. The van der Waals surface area contributed by atoms with Gasteiger partial charge >= 0.3 is 0 Å². The highest BCUT2D eigenvalue weighted by atomic mass is 16.5. The Morgan fingerprint density at radius 3 is 2.91 bits per heavy atom. The van der Waals surface area contributed by atoms with Crippen molar-refractivity contribution in [2.75, 3.05) is 40.3 Å². The SMILES string of the molecule is COc1ccc2[nH]c(CN3CCN(C)CC(C(N)=O)C3)cc2c1. The molecule has 3 N–H and O–H groups in total. The molecule has 0 radical (unpaired) electrons. The van der Waals surface area contributed by atoms with Crippen LogP contribution in [0.25, 0.3) is 10.9 Å². The smallest absolute Gasteiger partial charge is 0.223 e. The maximum absolute atomic E-state index is 11.6. The number of nitrogens with zero attached hydrogens (tertiary/aromatic N) is 2. The zero-order chi connectivity index (χ0) is 16.4. The van der Waals surface area contributed by atoms with Crippen molar-refractivity contribution in [3.05, 3.63) is 30.0 Å². The Bertz CT molecular complexity index is 697. The summed E-state index contributed by atoms with van der Waals surface area (Å²) < 4.78 is 5.27. The molecule has 6 nitrogen and oxygen atoms in total. The number of carbonyl (C=O) groups excluding carboxylic acids is 1. The number of aromatic nitrogens is 1. The maximum atomic E-state index is 11.6. The third-order valence-corrected chi connectivity index (χ3v) is 4.49. The van der Waals surface area contributed by atoms with E-state index in [-0.39, 0.29) is 11.8 Å². The van der Waals surface area contributed by atoms with Crippen LogP contribution in [0, 0.1) is 5.92 Å². The second-order valence-corrected chi connectivity index (χ2v) is 6.34. The highest BCUT2D eigenvalue weighted by molar-refractivity contribution is 5.82. The average Bonchev–Trinajstić information content (AvgIpc) is 2.82. The number of hydrogen-bond donors (Lipinski definition) is 2. The monoisotopic (exact) mass is 316 g/mol. The number of fused-ring (bicyclic) bond motifs is 1. The number of hydrogen-bond acceptors (Lipinski definition) is 4. The molecular formula is C17H24N4O2. The van der Waals surface area contributed by atoms with E-state index in [1.807, 2.05) is 25.2 Å².